The maximum absolute atomic E-state index is 12.9. The molecule has 3 atom stereocenters. The molecule has 0 aromatic carbocycles. The Morgan fingerprint density at radius 3 is 1.31 bits per heavy atom. The molecule has 3 unspecified atom stereocenters. The first-order valence-electron chi connectivity index (χ1n) is 28.6. The summed E-state index contributed by atoms with van der Waals surface area (Å²) in [4.78, 5) is 23.2. The van der Waals surface area contributed by atoms with E-state index in [1.54, 1.807) is 6.08 Å². The van der Waals surface area contributed by atoms with Crippen LogP contribution in [0.4, 0.5) is 0 Å². The van der Waals surface area contributed by atoms with Gasteiger partial charge in [-0.3, -0.25) is 13.8 Å². The average molecular weight is 999 g/mol. The Kier molecular flexibility index (Phi) is 49.4. The number of allylic oxidation sites excluding steroid dienone is 15. The van der Waals surface area contributed by atoms with E-state index in [4.69, 9.17) is 9.05 Å². The first kappa shape index (κ1) is 67.4. The van der Waals surface area contributed by atoms with Crippen LogP contribution in [0.2, 0.25) is 0 Å². The number of nitrogens with zero attached hydrogens (tertiary/aromatic N) is 1. The minimum absolute atomic E-state index is 0.0415. The zero-order chi connectivity index (χ0) is 51.3. The SMILES string of the molecule is CC/C=C\C/C=C\C/C=C\C/C=C\C/C=C\CCCCCC(=O)NC(COP(=O)(O)OCC[N+](C)(C)C)C(O)/C=C/CC/C=C/CC/C=C/CCCCCCCCCCCCCCCCCCCCC. The van der Waals surface area contributed by atoms with E-state index in [2.05, 4.69) is 104 Å². The van der Waals surface area contributed by atoms with Crippen molar-refractivity contribution in [3.8, 4) is 0 Å². The Morgan fingerprint density at radius 2 is 0.871 bits per heavy atom. The molecule has 0 aromatic heterocycles. The summed E-state index contributed by atoms with van der Waals surface area (Å²) in [5.74, 6) is -0.225. The molecule has 9 heteroatoms. The number of phosphoric acid groups is 1. The smallest absolute Gasteiger partial charge is 0.387 e. The van der Waals surface area contributed by atoms with Crippen molar-refractivity contribution in [2.24, 2.45) is 0 Å². The Labute approximate surface area is 432 Å². The van der Waals surface area contributed by atoms with Gasteiger partial charge in [0.2, 0.25) is 5.91 Å². The lowest BCUT2D eigenvalue weighted by Gasteiger charge is -2.25. The van der Waals surface area contributed by atoms with E-state index < -0.39 is 20.0 Å². The zero-order valence-electron chi connectivity index (χ0n) is 46.0. The Morgan fingerprint density at radius 1 is 0.500 bits per heavy atom. The molecule has 8 nitrogen and oxygen atoms in total. The van der Waals surface area contributed by atoms with Crippen molar-refractivity contribution >= 4 is 13.7 Å². The van der Waals surface area contributed by atoms with Crippen LogP contribution < -0.4 is 5.32 Å². The van der Waals surface area contributed by atoms with Crippen LogP contribution >= 0.6 is 7.82 Å². The number of quaternary nitrogens is 1. The summed E-state index contributed by atoms with van der Waals surface area (Å²) in [7, 11) is 1.51. The number of amides is 1. The number of aliphatic hydroxyl groups is 1. The van der Waals surface area contributed by atoms with Gasteiger partial charge < -0.3 is 19.8 Å². The van der Waals surface area contributed by atoms with Crippen LogP contribution in [0.15, 0.2) is 97.2 Å². The molecule has 0 spiro atoms. The Balaban J connectivity index is 4.33. The van der Waals surface area contributed by atoms with Gasteiger partial charge in [-0.25, -0.2) is 4.57 Å². The lowest BCUT2D eigenvalue weighted by atomic mass is 10.0. The summed E-state index contributed by atoms with van der Waals surface area (Å²) in [6.07, 6.45) is 73.8. The molecule has 0 saturated heterocycles. The van der Waals surface area contributed by atoms with Crippen molar-refractivity contribution in [2.45, 2.75) is 244 Å². The van der Waals surface area contributed by atoms with Gasteiger partial charge in [-0.05, 0) is 89.9 Å². The van der Waals surface area contributed by atoms with Gasteiger partial charge in [0.05, 0.1) is 39.9 Å². The molecular weight excluding hydrogens is 888 g/mol. The van der Waals surface area contributed by atoms with Crippen molar-refractivity contribution < 1.29 is 32.9 Å². The maximum atomic E-state index is 12.9. The number of hydrogen-bond donors (Lipinski definition) is 3. The van der Waals surface area contributed by atoms with Crippen LogP contribution in [0.3, 0.4) is 0 Å². The highest BCUT2D eigenvalue weighted by Gasteiger charge is 2.27. The van der Waals surface area contributed by atoms with E-state index in [1.807, 2.05) is 27.2 Å². The molecule has 0 aliphatic heterocycles. The number of likely N-dealkylation sites (N-methyl/N-ethyl adjacent to an activating group) is 1. The summed E-state index contributed by atoms with van der Waals surface area (Å²) >= 11 is 0. The van der Waals surface area contributed by atoms with Crippen LogP contribution in [0.25, 0.3) is 0 Å². The minimum Gasteiger partial charge on any atom is -0.387 e. The summed E-state index contributed by atoms with van der Waals surface area (Å²) in [6.45, 7) is 4.65. The molecule has 0 radical (unpaired) electrons. The molecule has 70 heavy (non-hydrogen) atoms. The van der Waals surface area contributed by atoms with Gasteiger partial charge in [-0.2, -0.15) is 0 Å². The number of aliphatic hydroxyl groups excluding tert-OH is 1. The second-order valence-electron chi connectivity index (χ2n) is 20.3. The van der Waals surface area contributed by atoms with Crippen molar-refractivity contribution in [3.05, 3.63) is 97.2 Å². The summed E-state index contributed by atoms with van der Waals surface area (Å²) in [6, 6.07) is -0.895. The van der Waals surface area contributed by atoms with Gasteiger partial charge in [0, 0.05) is 6.42 Å². The second-order valence-corrected chi connectivity index (χ2v) is 21.7. The quantitative estimate of drug-likeness (QED) is 0.0243. The van der Waals surface area contributed by atoms with Gasteiger partial charge in [0.15, 0.2) is 0 Å². The third-order valence-electron chi connectivity index (χ3n) is 12.3. The normalized spacial score (nSPS) is 14.7. The summed E-state index contributed by atoms with van der Waals surface area (Å²) in [5, 5.41) is 13.9. The fraction of sp³-hybridized carbons (Fsp3) is 0.721. The maximum Gasteiger partial charge on any atom is 0.472 e. The van der Waals surface area contributed by atoms with Crippen molar-refractivity contribution in [2.75, 3.05) is 40.9 Å². The van der Waals surface area contributed by atoms with Gasteiger partial charge in [-0.1, -0.05) is 233 Å². The lowest BCUT2D eigenvalue weighted by Crippen LogP contribution is -2.45. The van der Waals surface area contributed by atoms with Crippen LogP contribution in [-0.2, 0) is 18.4 Å². The van der Waals surface area contributed by atoms with E-state index in [0.717, 1.165) is 77.0 Å². The molecule has 0 bridgehead atoms. The first-order valence-corrected chi connectivity index (χ1v) is 30.1. The van der Waals surface area contributed by atoms with Gasteiger partial charge in [0.25, 0.3) is 0 Å². The molecule has 0 aliphatic rings. The predicted molar refractivity (Wildman–Crippen MR) is 304 cm³/mol. The zero-order valence-corrected chi connectivity index (χ0v) is 46.9. The van der Waals surface area contributed by atoms with Gasteiger partial charge in [-0.15, -0.1) is 0 Å². The van der Waals surface area contributed by atoms with Crippen LogP contribution in [0.5, 0.6) is 0 Å². The Bertz CT molecular complexity index is 1460. The number of nitrogens with one attached hydrogen (secondary N) is 1. The largest absolute Gasteiger partial charge is 0.472 e. The first-order chi connectivity index (χ1) is 34.0. The third-order valence-corrected chi connectivity index (χ3v) is 13.2. The molecule has 3 N–H and O–H groups in total. The van der Waals surface area contributed by atoms with Crippen molar-refractivity contribution in [1.29, 1.82) is 0 Å². The minimum atomic E-state index is -4.38. The van der Waals surface area contributed by atoms with E-state index in [9.17, 15) is 19.4 Å². The van der Waals surface area contributed by atoms with Crippen molar-refractivity contribution in [1.82, 2.24) is 5.32 Å². The highest BCUT2D eigenvalue weighted by molar-refractivity contribution is 7.47. The van der Waals surface area contributed by atoms with Crippen LogP contribution in [0.1, 0.15) is 232 Å². The second kappa shape index (κ2) is 51.3. The van der Waals surface area contributed by atoms with Crippen LogP contribution in [0, 0.1) is 0 Å². The number of unbranched alkanes of at least 4 members (excludes halogenated alkanes) is 24. The van der Waals surface area contributed by atoms with Gasteiger partial charge >= 0.3 is 7.82 Å². The predicted octanol–water partition coefficient (Wildman–Crippen LogP) is 17.4. The van der Waals surface area contributed by atoms with E-state index in [-0.39, 0.29) is 19.1 Å². The highest BCUT2D eigenvalue weighted by atomic mass is 31.2. The Hall–Kier alpha value is -2.58. The lowest BCUT2D eigenvalue weighted by molar-refractivity contribution is -0.870. The number of hydrogen-bond acceptors (Lipinski definition) is 5. The molecular formula is C61H110N2O6P+. The standard InChI is InChI=1S/C61H109N2O6P/c1-6-8-10-12-14-16-18-20-22-24-26-27-28-29-30-31-32-33-34-35-37-38-40-42-44-46-48-50-52-54-60(64)59(58-69-70(66,67)68-57-56-63(3,4)5)62-61(65)55-53-51-49-47-45-43-41-39-36-25-23-21-19-17-15-13-11-9-7-2/h9,11,15,17,21,23,36-39,43-46,52,54,59-60,64H,6-8,10,12-14,16,18-20,22,24-35,40-42,47-51,53,55-58H2,1-5H3,(H-,62,65,66,67)/p+1/b11-9-,17-15-,23-21-,38-37+,39-36-,45-43-,46-44+,54-52+. The van der Waals surface area contributed by atoms with Gasteiger partial charge in [0.1, 0.15) is 13.2 Å². The van der Waals surface area contributed by atoms with E-state index in [0.29, 0.717) is 23.9 Å². The monoisotopic (exact) mass is 998 g/mol. The molecule has 404 valence electrons. The fourth-order valence-corrected chi connectivity index (χ4v) is 8.54. The molecule has 0 rings (SSSR count). The summed E-state index contributed by atoms with van der Waals surface area (Å²) < 4.78 is 23.6. The topological polar surface area (TPSA) is 105 Å². The molecule has 1 amide bonds. The highest BCUT2D eigenvalue weighted by Crippen LogP contribution is 2.43. The third kappa shape index (κ3) is 53.2. The molecule has 0 aliphatic carbocycles. The van der Waals surface area contributed by atoms with E-state index >= 15 is 0 Å². The molecule has 0 saturated carbocycles. The fourth-order valence-electron chi connectivity index (χ4n) is 7.81. The molecule has 0 fully saturated rings. The summed E-state index contributed by atoms with van der Waals surface area (Å²) in [5.41, 5.74) is 0. The van der Waals surface area contributed by atoms with Crippen molar-refractivity contribution in [3.63, 3.8) is 0 Å². The molecule has 0 aromatic rings. The number of carbonyl (C=O) groups is 1. The number of phosphoric ester groups is 1. The van der Waals surface area contributed by atoms with Crippen LogP contribution in [-0.4, -0.2) is 73.4 Å². The molecule has 0 heterocycles. The number of carbonyl (C=O) groups excluding carboxylic acids is 1. The van der Waals surface area contributed by atoms with E-state index in [1.165, 1.54) is 128 Å². The average Bonchev–Trinajstić information content (AvgIpc) is 3.32. The number of rotatable bonds is 51.